The number of carbonyl (C=O) groups is 2. The zero-order chi connectivity index (χ0) is 23.8. The molecule has 0 bridgehead atoms. The second-order valence-corrected chi connectivity index (χ2v) is 9.76. The molecule has 34 heavy (non-hydrogen) atoms. The van der Waals surface area contributed by atoms with E-state index < -0.39 is 0 Å². The molecule has 2 aromatic carbocycles. The van der Waals surface area contributed by atoms with Gasteiger partial charge in [0.2, 0.25) is 0 Å². The highest BCUT2D eigenvalue weighted by Crippen LogP contribution is 2.35. The largest absolute Gasteiger partial charge is 0.368 e. The topological polar surface area (TPSA) is 78.4 Å². The molecule has 7 nitrogen and oxygen atoms in total. The molecule has 0 unspecified atom stereocenters. The van der Waals surface area contributed by atoms with E-state index in [-0.39, 0.29) is 11.1 Å². The third-order valence-electron chi connectivity index (χ3n) is 6.15. The number of nitrogens with zero attached hydrogens (tertiary/aromatic N) is 4. The Morgan fingerprint density at radius 2 is 1.88 bits per heavy atom. The molecule has 2 aliphatic rings. The molecular formula is C25H24ClN5O2S. The second kappa shape index (κ2) is 9.37. The Bertz CT molecular complexity index is 1330. The van der Waals surface area contributed by atoms with Crippen molar-refractivity contribution in [2.45, 2.75) is 13.8 Å². The molecule has 1 aromatic heterocycles. The number of imide groups is 1. The lowest BCUT2D eigenvalue weighted by atomic mass is 10.0. The van der Waals surface area contributed by atoms with Crippen LogP contribution in [0.3, 0.4) is 0 Å². The second-order valence-electron chi connectivity index (χ2n) is 8.34. The van der Waals surface area contributed by atoms with Crippen molar-refractivity contribution in [3.05, 3.63) is 57.7 Å². The molecule has 0 saturated carbocycles. The third kappa shape index (κ3) is 4.53. The Balaban J connectivity index is 1.51. The number of thioether (sulfide) groups is 1. The number of hydrogen-bond acceptors (Lipinski definition) is 7. The predicted molar refractivity (Wildman–Crippen MR) is 138 cm³/mol. The summed E-state index contributed by atoms with van der Waals surface area (Å²) in [6, 6.07) is 11.8. The average molecular weight is 494 g/mol. The smallest absolute Gasteiger partial charge is 0.290 e. The van der Waals surface area contributed by atoms with E-state index in [1.54, 1.807) is 6.08 Å². The van der Waals surface area contributed by atoms with Crippen LogP contribution in [0.25, 0.3) is 28.2 Å². The van der Waals surface area contributed by atoms with Crippen molar-refractivity contribution >= 4 is 57.2 Å². The van der Waals surface area contributed by atoms with E-state index in [1.807, 2.05) is 31.2 Å². The number of amides is 2. The van der Waals surface area contributed by atoms with E-state index in [4.69, 9.17) is 16.6 Å². The van der Waals surface area contributed by atoms with E-state index in [0.29, 0.717) is 15.8 Å². The number of aryl methyl sites for hydroxylation is 1. The first-order valence-corrected chi connectivity index (χ1v) is 12.4. The maximum absolute atomic E-state index is 12.0. The van der Waals surface area contributed by atoms with Crippen molar-refractivity contribution in [1.82, 2.24) is 20.2 Å². The lowest BCUT2D eigenvalue weighted by molar-refractivity contribution is -0.115. The molecule has 2 fully saturated rings. The van der Waals surface area contributed by atoms with Crippen LogP contribution in [0.4, 0.5) is 10.5 Å². The van der Waals surface area contributed by atoms with E-state index in [0.717, 1.165) is 77.9 Å². The predicted octanol–water partition coefficient (Wildman–Crippen LogP) is 4.72. The number of hydrogen-bond donors (Lipinski definition) is 1. The van der Waals surface area contributed by atoms with Crippen molar-refractivity contribution in [2.75, 3.05) is 37.6 Å². The van der Waals surface area contributed by atoms with Crippen LogP contribution in [0.15, 0.2) is 41.3 Å². The number of anilines is 1. The van der Waals surface area contributed by atoms with Gasteiger partial charge < -0.3 is 9.80 Å². The average Bonchev–Trinajstić information content (AvgIpc) is 3.15. The lowest BCUT2D eigenvalue weighted by Crippen LogP contribution is -2.46. The molecule has 0 atom stereocenters. The highest BCUT2D eigenvalue weighted by atomic mass is 35.5. The molecule has 3 heterocycles. The van der Waals surface area contributed by atoms with Crippen molar-refractivity contribution in [1.29, 1.82) is 0 Å². The molecule has 5 rings (SSSR count). The summed E-state index contributed by atoms with van der Waals surface area (Å²) >= 11 is 7.66. The van der Waals surface area contributed by atoms with E-state index >= 15 is 0 Å². The van der Waals surface area contributed by atoms with Gasteiger partial charge in [-0.25, -0.2) is 9.97 Å². The number of halogens is 1. The van der Waals surface area contributed by atoms with Crippen LogP contribution < -0.4 is 10.2 Å². The third-order valence-corrected chi connectivity index (χ3v) is 7.27. The standard InChI is InChI=1S/C25H24ClN5O2S/c1-3-30-8-10-31(11-9-30)21-7-5-17(14-19(21)26)23-18-12-16(4-6-20(18)27-15(2)28-23)13-22-24(32)29-25(33)34-22/h4-7,12-14H,3,8-11H2,1-2H3,(H,29,32,33). The Kier molecular flexibility index (Phi) is 6.29. The van der Waals surface area contributed by atoms with Gasteiger partial charge in [-0.15, -0.1) is 0 Å². The highest BCUT2D eigenvalue weighted by molar-refractivity contribution is 8.18. The molecule has 2 amide bonds. The monoisotopic (exact) mass is 493 g/mol. The molecular weight excluding hydrogens is 470 g/mol. The molecule has 0 aliphatic carbocycles. The van der Waals surface area contributed by atoms with Gasteiger partial charge in [0.05, 0.1) is 26.8 Å². The molecule has 3 aromatic rings. The zero-order valence-electron chi connectivity index (χ0n) is 19.0. The quantitative estimate of drug-likeness (QED) is 0.526. The first-order chi connectivity index (χ1) is 16.4. The maximum atomic E-state index is 12.0. The van der Waals surface area contributed by atoms with Gasteiger partial charge in [-0.2, -0.15) is 0 Å². The van der Waals surface area contributed by atoms with Gasteiger partial charge in [0.1, 0.15) is 5.82 Å². The number of aromatic nitrogens is 2. The number of piperazine rings is 1. The molecule has 174 valence electrons. The number of carbonyl (C=O) groups excluding carboxylic acids is 2. The van der Waals surface area contributed by atoms with Crippen LogP contribution in [0, 0.1) is 6.92 Å². The Hall–Kier alpha value is -2.94. The summed E-state index contributed by atoms with van der Waals surface area (Å²) in [5, 5.41) is 3.48. The fraction of sp³-hybridized carbons (Fsp3) is 0.280. The first kappa shape index (κ1) is 22.8. The summed E-state index contributed by atoms with van der Waals surface area (Å²) in [5.74, 6) is 0.290. The first-order valence-electron chi connectivity index (χ1n) is 11.2. The molecule has 9 heteroatoms. The van der Waals surface area contributed by atoms with Gasteiger partial charge in [-0.05, 0) is 61.1 Å². The van der Waals surface area contributed by atoms with Gasteiger partial charge in [0, 0.05) is 37.1 Å². The zero-order valence-corrected chi connectivity index (χ0v) is 20.5. The minimum Gasteiger partial charge on any atom is -0.368 e. The molecule has 1 N–H and O–H groups in total. The van der Waals surface area contributed by atoms with Gasteiger partial charge in [0.25, 0.3) is 11.1 Å². The van der Waals surface area contributed by atoms with Crippen molar-refractivity contribution in [3.8, 4) is 11.3 Å². The van der Waals surface area contributed by atoms with Crippen LogP contribution in [0.2, 0.25) is 5.02 Å². The minimum absolute atomic E-state index is 0.359. The highest BCUT2D eigenvalue weighted by Gasteiger charge is 2.25. The van der Waals surface area contributed by atoms with Crippen LogP contribution in [-0.4, -0.2) is 58.7 Å². The van der Waals surface area contributed by atoms with Crippen molar-refractivity contribution in [2.24, 2.45) is 0 Å². The number of likely N-dealkylation sites (N-methyl/N-ethyl adjacent to an activating group) is 1. The Morgan fingerprint density at radius 1 is 1.09 bits per heavy atom. The maximum Gasteiger partial charge on any atom is 0.290 e. The normalized spacial score (nSPS) is 18.2. The number of nitrogens with one attached hydrogen (secondary N) is 1. The Labute approximate surface area is 207 Å². The number of rotatable bonds is 4. The minimum atomic E-state index is -0.377. The molecule has 2 aliphatic heterocycles. The summed E-state index contributed by atoms with van der Waals surface area (Å²) in [5.41, 5.74) is 4.33. The number of benzene rings is 2. The van der Waals surface area contributed by atoms with E-state index in [1.165, 1.54) is 0 Å². The van der Waals surface area contributed by atoms with E-state index in [9.17, 15) is 9.59 Å². The van der Waals surface area contributed by atoms with Gasteiger partial charge in [0.15, 0.2) is 0 Å². The van der Waals surface area contributed by atoms with Crippen molar-refractivity contribution < 1.29 is 9.59 Å². The van der Waals surface area contributed by atoms with Crippen molar-refractivity contribution in [3.63, 3.8) is 0 Å². The van der Waals surface area contributed by atoms with Gasteiger partial charge in [-0.1, -0.05) is 30.7 Å². The van der Waals surface area contributed by atoms with Gasteiger partial charge >= 0.3 is 0 Å². The molecule has 0 radical (unpaired) electrons. The summed E-state index contributed by atoms with van der Waals surface area (Å²) < 4.78 is 0. The van der Waals surface area contributed by atoms with Gasteiger partial charge in [-0.3, -0.25) is 14.9 Å². The summed E-state index contributed by atoms with van der Waals surface area (Å²) in [4.78, 5) is 37.9. The SMILES string of the molecule is CCN1CCN(c2ccc(-c3nc(C)nc4ccc(C=C5SC(=O)NC5=O)cc34)cc2Cl)CC1. The fourth-order valence-electron chi connectivity index (χ4n) is 4.36. The molecule has 0 spiro atoms. The van der Waals surface area contributed by atoms with Crippen LogP contribution in [0.5, 0.6) is 0 Å². The van der Waals surface area contributed by atoms with Crippen LogP contribution in [0.1, 0.15) is 18.3 Å². The lowest BCUT2D eigenvalue weighted by Gasteiger charge is -2.36. The fourth-order valence-corrected chi connectivity index (χ4v) is 5.34. The van der Waals surface area contributed by atoms with Crippen LogP contribution >= 0.6 is 23.4 Å². The van der Waals surface area contributed by atoms with Crippen LogP contribution in [-0.2, 0) is 4.79 Å². The summed E-state index contributed by atoms with van der Waals surface area (Å²) in [6.07, 6.45) is 1.71. The number of fused-ring (bicyclic) bond motifs is 1. The van der Waals surface area contributed by atoms with E-state index in [2.05, 4.69) is 39.2 Å². The Morgan fingerprint density at radius 3 is 2.56 bits per heavy atom. The molecule has 2 saturated heterocycles. The summed E-state index contributed by atoms with van der Waals surface area (Å²) in [6.45, 7) is 9.10. The summed E-state index contributed by atoms with van der Waals surface area (Å²) in [7, 11) is 0.